The number of rotatable bonds is 2. The van der Waals surface area contributed by atoms with E-state index in [9.17, 15) is 29.7 Å². The second-order valence-electron chi connectivity index (χ2n) is 16.0. The lowest BCUT2D eigenvalue weighted by atomic mass is 9.79. The fourth-order valence-electron chi connectivity index (χ4n) is 8.40. The second-order valence-corrected chi connectivity index (χ2v) is 16.0. The van der Waals surface area contributed by atoms with Crippen molar-refractivity contribution in [2.45, 2.75) is 138 Å². The van der Waals surface area contributed by atoms with E-state index in [0.29, 0.717) is 36.9 Å². The monoisotopic (exact) mass is 815 g/mol. The topological polar surface area (TPSA) is 187 Å². The van der Waals surface area contributed by atoms with E-state index < -0.39 is 41.6 Å². The van der Waals surface area contributed by atoms with Gasteiger partial charge in [0, 0.05) is 36.5 Å². The van der Waals surface area contributed by atoms with Crippen molar-refractivity contribution < 1.29 is 44.3 Å². The predicted molar refractivity (Wildman–Crippen MR) is 231 cm³/mol. The number of allylic oxidation sites excluding steroid dienone is 4. The first-order valence-electron chi connectivity index (χ1n) is 20.8. The van der Waals surface area contributed by atoms with Gasteiger partial charge in [-0.25, -0.2) is 4.99 Å². The van der Waals surface area contributed by atoms with Crippen molar-refractivity contribution in [2.24, 2.45) is 33.7 Å². The van der Waals surface area contributed by atoms with Gasteiger partial charge in [-0.2, -0.15) is 0 Å². The van der Waals surface area contributed by atoms with E-state index >= 15 is 0 Å². The summed E-state index contributed by atoms with van der Waals surface area (Å²) in [6.45, 7) is 18.3. The lowest BCUT2D eigenvalue weighted by Crippen LogP contribution is -2.41. The number of terminal acetylenes is 1. The molecule has 0 aromatic heterocycles. The molecule has 12 heteroatoms. The van der Waals surface area contributed by atoms with Gasteiger partial charge in [-0.1, -0.05) is 65.3 Å². The summed E-state index contributed by atoms with van der Waals surface area (Å²) < 4.78 is 12.3. The number of aliphatic hydroxyl groups is 2. The van der Waals surface area contributed by atoms with E-state index in [1.165, 1.54) is 12.5 Å². The van der Waals surface area contributed by atoms with Gasteiger partial charge >= 0.3 is 5.97 Å². The van der Waals surface area contributed by atoms with Crippen LogP contribution in [0.25, 0.3) is 10.8 Å². The van der Waals surface area contributed by atoms with E-state index in [-0.39, 0.29) is 73.6 Å². The highest BCUT2D eigenvalue weighted by Crippen LogP contribution is 2.51. The number of aromatic hydroxyl groups is 2. The van der Waals surface area contributed by atoms with E-state index in [1.807, 2.05) is 53.7 Å². The largest absolute Gasteiger partial charge is 0.507 e. The van der Waals surface area contributed by atoms with Gasteiger partial charge in [-0.15, -0.1) is 12.8 Å². The Labute approximate surface area is 349 Å². The maximum Gasteiger partial charge on any atom is 0.302 e. The number of aliphatic hydroxyl groups excluding tert-OH is 2. The number of phenols is 2. The predicted octanol–water partition coefficient (Wildman–Crippen LogP) is 7.32. The van der Waals surface area contributed by atoms with Crippen molar-refractivity contribution in [1.82, 2.24) is 0 Å². The molecule has 6 rings (SSSR count). The number of Topliss-reactive ketones (excluding diaryl/α,β-unsaturated/α-hetero) is 1. The molecule has 1 amide bonds. The number of esters is 1. The lowest BCUT2D eigenvalue weighted by Gasteiger charge is -2.35. The van der Waals surface area contributed by atoms with Crippen LogP contribution in [0.1, 0.15) is 123 Å². The Hall–Kier alpha value is -4.99. The van der Waals surface area contributed by atoms with Crippen LogP contribution in [0.5, 0.6) is 17.2 Å². The number of fused-ring (bicyclic) bond motifs is 1. The molecule has 2 aromatic rings. The molecular formula is C47H65N3O9. The van der Waals surface area contributed by atoms with Gasteiger partial charge in [-0.05, 0) is 89.5 Å². The molecule has 8 atom stereocenters. The van der Waals surface area contributed by atoms with Crippen molar-refractivity contribution in [3.63, 3.8) is 0 Å². The molecule has 3 aliphatic heterocycles. The third kappa shape index (κ3) is 10.1. The lowest BCUT2D eigenvalue weighted by molar-refractivity contribution is -0.156. The van der Waals surface area contributed by atoms with Crippen LogP contribution in [0.2, 0.25) is 0 Å². The third-order valence-electron chi connectivity index (χ3n) is 11.7. The number of nitrogens with zero attached hydrogens (tertiary/aromatic N) is 2. The molecule has 3 heterocycles. The summed E-state index contributed by atoms with van der Waals surface area (Å²) in [5.74, 6) is -2.36. The molecule has 1 fully saturated rings. The Kier molecular flexibility index (Phi) is 17.1. The Morgan fingerprint density at radius 1 is 1.00 bits per heavy atom. The summed E-state index contributed by atoms with van der Waals surface area (Å²) in [6, 6.07) is 0. The van der Waals surface area contributed by atoms with Crippen LogP contribution in [0.4, 0.5) is 5.69 Å². The summed E-state index contributed by atoms with van der Waals surface area (Å²) in [7, 11) is 1.00. The molecule has 0 spiro atoms. The summed E-state index contributed by atoms with van der Waals surface area (Å²) in [4.78, 5) is 49.7. The Bertz CT molecular complexity index is 2130. The zero-order valence-corrected chi connectivity index (χ0v) is 36.7. The minimum atomic E-state index is -1.30. The number of benzene rings is 2. The third-order valence-corrected chi connectivity index (χ3v) is 11.7. The molecule has 1 aliphatic carbocycles. The number of carbonyl (C=O) groups is 3. The van der Waals surface area contributed by atoms with E-state index in [1.54, 1.807) is 32.9 Å². The van der Waals surface area contributed by atoms with Crippen LogP contribution in [-0.2, 0) is 14.3 Å². The average Bonchev–Trinajstić information content (AvgIpc) is 3.74. The molecule has 4 aliphatic rings. The number of phenolic OH excluding ortho intramolecular Hbond substituents is 2. The quantitative estimate of drug-likeness (QED) is 0.0890. The van der Waals surface area contributed by atoms with Crippen LogP contribution in [0.3, 0.4) is 0 Å². The van der Waals surface area contributed by atoms with Gasteiger partial charge in [0.15, 0.2) is 11.4 Å². The van der Waals surface area contributed by atoms with E-state index in [2.05, 4.69) is 23.2 Å². The number of carbonyl (C=O) groups excluding carboxylic acids is 3. The molecule has 0 radical (unpaired) electrons. The first-order chi connectivity index (χ1) is 28.0. The van der Waals surface area contributed by atoms with E-state index in [4.69, 9.17) is 19.6 Å². The van der Waals surface area contributed by atoms with Crippen molar-refractivity contribution in [2.75, 3.05) is 12.4 Å². The van der Waals surface area contributed by atoms with Gasteiger partial charge in [-0.3, -0.25) is 19.4 Å². The smallest absolute Gasteiger partial charge is 0.302 e. The SMILES string of the molecule is C#C.CC.CC(=O)O[C@H]1[C@H](C)[C@H](O)[C@H](C)C[C@@H](C)/C=C/C=C(/C)C(=O)N=c2c(O)c3c(O)c(C)c4c(c3c3c2=N[C@@H](C=C2CCC2)N3)C(=O)[C@@](C)(CCC[C@H]1C)O4.CO. The van der Waals surface area contributed by atoms with Crippen LogP contribution in [0, 0.1) is 43.4 Å². The first kappa shape index (κ1) is 48.4. The summed E-state index contributed by atoms with van der Waals surface area (Å²) in [6.07, 6.45) is 18.7. The summed E-state index contributed by atoms with van der Waals surface area (Å²) in [5.41, 5.74) is 1.16. The zero-order chi connectivity index (χ0) is 44.5. The molecule has 0 saturated heterocycles. The van der Waals surface area contributed by atoms with Gasteiger partial charge in [0.05, 0.1) is 22.7 Å². The average molecular weight is 816 g/mol. The van der Waals surface area contributed by atoms with Crippen molar-refractivity contribution in [1.29, 1.82) is 0 Å². The Balaban J connectivity index is 0.00000148. The molecule has 322 valence electrons. The van der Waals surface area contributed by atoms with Crippen molar-refractivity contribution >= 4 is 34.1 Å². The Morgan fingerprint density at radius 2 is 1.64 bits per heavy atom. The molecule has 0 unspecified atom stereocenters. The van der Waals surface area contributed by atoms with E-state index in [0.717, 1.165) is 26.4 Å². The van der Waals surface area contributed by atoms with Gasteiger partial charge < -0.3 is 35.2 Å². The zero-order valence-electron chi connectivity index (χ0n) is 36.7. The number of anilines is 1. The molecule has 5 N–H and O–H groups in total. The highest BCUT2D eigenvalue weighted by Gasteiger charge is 2.48. The van der Waals surface area contributed by atoms with Crippen LogP contribution >= 0.6 is 0 Å². The highest BCUT2D eigenvalue weighted by atomic mass is 16.5. The number of ketones is 1. The van der Waals surface area contributed by atoms with Gasteiger partial charge in [0.2, 0.25) is 5.78 Å². The van der Waals surface area contributed by atoms with Gasteiger partial charge in [0.1, 0.15) is 34.5 Å². The molecule has 4 bridgehead atoms. The fourth-order valence-corrected chi connectivity index (χ4v) is 8.40. The first-order valence-corrected chi connectivity index (χ1v) is 20.8. The van der Waals surface area contributed by atoms with Crippen molar-refractivity contribution in [3.8, 4) is 30.1 Å². The standard InChI is InChI=1S/C42H53N3O8.C2H6.C2H2.CH4O/c1-20-12-9-13-22(3)41(51)45-34-33-32(43-28(44-33)19-27-15-10-16-27)29-30(37(34)49)36(48)25(6)39-31(29)40(50)42(8,53-39)17-11-14-21(2)38(52-26(7)46)24(5)35(47)23(4)18-20;3*1-2/h9,12-13,19-21,23-24,28,35,38,43,47-49H,10-11,14-18H2,1-8H3;1-2H3;1-2H;2H,1H3/b12-9+,22-13-,45-34?;;;/t20-,21+,23+,24+,28-,35+,38+,42+;;;/m0.../s1. The van der Waals surface area contributed by atoms with Gasteiger partial charge in [0.25, 0.3) is 5.91 Å². The maximum atomic E-state index is 14.6. The van der Waals surface area contributed by atoms with Crippen LogP contribution < -0.4 is 20.8 Å². The van der Waals surface area contributed by atoms with Crippen LogP contribution in [0.15, 0.2) is 45.4 Å². The normalized spacial score (nSPS) is 29.2. The number of amides is 1. The number of nitrogens with one attached hydrogen (secondary N) is 1. The number of ether oxygens (including phenoxy) is 2. The molecule has 2 aromatic carbocycles. The molecular weight excluding hydrogens is 751 g/mol. The molecule has 59 heavy (non-hydrogen) atoms. The second kappa shape index (κ2) is 20.8. The molecule has 12 nitrogen and oxygen atoms in total. The molecule has 1 saturated carbocycles. The number of hydrogen-bond donors (Lipinski definition) is 5. The minimum Gasteiger partial charge on any atom is -0.507 e. The maximum absolute atomic E-state index is 14.6. The number of hydrogen-bond acceptors (Lipinski definition) is 11. The summed E-state index contributed by atoms with van der Waals surface area (Å²) >= 11 is 0. The minimum absolute atomic E-state index is 0.000604. The van der Waals surface area contributed by atoms with Crippen molar-refractivity contribution in [3.05, 3.63) is 57.3 Å². The summed E-state index contributed by atoms with van der Waals surface area (Å²) in [5, 5.41) is 45.8. The van der Waals surface area contributed by atoms with Crippen LogP contribution in [-0.4, -0.2) is 69.2 Å². The fraction of sp³-hybridized carbons (Fsp3) is 0.553. The highest BCUT2D eigenvalue weighted by molar-refractivity contribution is 6.22. The Morgan fingerprint density at radius 3 is 2.24 bits per heavy atom.